The van der Waals surface area contributed by atoms with Crippen LogP contribution >= 0.6 is 0 Å². The number of ether oxygens (including phenoxy) is 2. The van der Waals surface area contributed by atoms with Gasteiger partial charge in [0, 0.05) is 24.7 Å². The molecule has 0 radical (unpaired) electrons. The van der Waals surface area contributed by atoms with Crippen LogP contribution in [0.4, 0.5) is 5.69 Å². The van der Waals surface area contributed by atoms with Gasteiger partial charge in [0.2, 0.25) is 5.91 Å². The van der Waals surface area contributed by atoms with E-state index < -0.39 is 34.7 Å². The number of carbonyl (C=O) groups is 3. The summed E-state index contributed by atoms with van der Waals surface area (Å²) in [5.74, 6) is -3.63. The third-order valence-corrected chi connectivity index (χ3v) is 3.65. The molecule has 1 aromatic carbocycles. The molecule has 2 N–H and O–H groups in total. The van der Waals surface area contributed by atoms with E-state index in [1.807, 2.05) is 0 Å². The van der Waals surface area contributed by atoms with Gasteiger partial charge in [0.1, 0.15) is 12.6 Å². The fourth-order valence-corrected chi connectivity index (χ4v) is 2.42. The summed E-state index contributed by atoms with van der Waals surface area (Å²) in [6.07, 6.45) is -0.322. The van der Waals surface area contributed by atoms with Crippen LogP contribution in [0.2, 0.25) is 0 Å². The van der Waals surface area contributed by atoms with Crippen molar-refractivity contribution in [2.75, 3.05) is 19.8 Å². The predicted molar refractivity (Wildman–Crippen MR) is 93.1 cm³/mol. The van der Waals surface area contributed by atoms with Gasteiger partial charge in [-0.15, -0.1) is 0 Å². The first-order valence-electron chi connectivity index (χ1n) is 8.30. The number of carboxylic acid groups (broad SMARTS) is 1. The van der Waals surface area contributed by atoms with Crippen LogP contribution in [0, 0.1) is 10.1 Å². The highest BCUT2D eigenvalue weighted by molar-refractivity contribution is 5.86. The minimum Gasteiger partial charge on any atom is -0.480 e. The number of nitrogens with one attached hydrogen (secondary N) is 1. The fourth-order valence-electron chi connectivity index (χ4n) is 2.42. The van der Waals surface area contributed by atoms with E-state index in [4.69, 9.17) is 9.47 Å². The Balaban J connectivity index is 3.15. The smallest absolute Gasteiger partial charge is 0.326 e. The number of nitro benzene ring substituents is 1. The Morgan fingerprint density at radius 1 is 1.19 bits per heavy atom. The standard InChI is InChI=1S/C17H22N2O8/c1-3-26-10-14(20)18-16(17(22)23)13(9-15(21)27-4-2)11-5-7-12(8-6-11)19(24)25/h5-8,13,16H,3-4,9-10H2,1-2H3,(H,18,20)(H,22,23)/t13-,16-/m1/s1. The molecule has 0 aliphatic rings. The quantitative estimate of drug-likeness (QED) is 0.330. The summed E-state index contributed by atoms with van der Waals surface area (Å²) in [5.41, 5.74) is 0.165. The lowest BCUT2D eigenvalue weighted by Gasteiger charge is -2.24. The highest BCUT2D eigenvalue weighted by Gasteiger charge is 2.33. The van der Waals surface area contributed by atoms with E-state index in [-0.39, 0.29) is 31.9 Å². The minimum atomic E-state index is -1.44. The molecule has 0 aliphatic heterocycles. The van der Waals surface area contributed by atoms with E-state index >= 15 is 0 Å². The first-order chi connectivity index (χ1) is 12.8. The number of benzene rings is 1. The second-order valence-electron chi connectivity index (χ2n) is 5.48. The normalized spacial score (nSPS) is 12.7. The SMILES string of the molecule is CCOCC(=O)N[C@@H](C(=O)O)[C@H](CC(=O)OCC)c1ccc([N+](=O)[O-])cc1. The number of esters is 1. The molecular weight excluding hydrogens is 360 g/mol. The molecule has 10 nitrogen and oxygen atoms in total. The van der Waals surface area contributed by atoms with Crippen LogP contribution < -0.4 is 5.32 Å². The van der Waals surface area contributed by atoms with Crippen LogP contribution in [-0.2, 0) is 23.9 Å². The number of carboxylic acids is 1. The molecule has 0 fully saturated rings. The molecule has 0 saturated carbocycles. The van der Waals surface area contributed by atoms with Gasteiger partial charge >= 0.3 is 11.9 Å². The Labute approximate surface area is 155 Å². The van der Waals surface area contributed by atoms with Crippen molar-refractivity contribution in [2.45, 2.75) is 32.2 Å². The Morgan fingerprint density at radius 3 is 2.30 bits per heavy atom. The van der Waals surface area contributed by atoms with Crippen LogP contribution in [0.15, 0.2) is 24.3 Å². The van der Waals surface area contributed by atoms with Crippen LogP contribution in [-0.4, -0.2) is 53.7 Å². The topological polar surface area (TPSA) is 145 Å². The van der Waals surface area contributed by atoms with Crippen LogP contribution in [0.3, 0.4) is 0 Å². The summed E-state index contributed by atoms with van der Waals surface area (Å²) in [7, 11) is 0. The molecule has 1 aromatic rings. The summed E-state index contributed by atoms with van der Waals surface area (Å²) >= 11 is 0. The van der Waals surface area contributed by atoms with E-state index in [0.29, 0.717) is 5.56 Å². The lowest BCUT2D eigenvalue weighted by atomic mass is 9.88. The van der Waals surface area contributed by atoms with Crippen molar-refractivity contribution in [1.29, 1.82) is 0 Å². The maximum atomic E-state index is 11.9. The van der Waals surface area contributed by atoms with Crippen molar-refractivity contribution in [3.8, 4) is 0 Å². The molecule has 0 heterocycles. The number of hydrogen-bond donors (Lipinski definition) is 2. The molecule has 0 unspecified atom stereocenters. The molecule has 0 aromatic heterocycles. The lowest BCUT2D eigenvalue weighted by molar-refractivity contribution is -0.384. The number of rotatable bonds is 11. The monoisotopic (exact) mass is 382 g/mol. The zero-order chi connectivity index (χ0) is 20.4. The minimum absolute atomic E-state index is 0.111. The third-order valence-electron chi connectivity index (χ3n) is 3.65. The Morgan fingerprint density at radius 2 is 1.81 bits per heavy atom. The summed E-state index contributed by atoms with van der Waals surface area (Å²) in [6, 6.07) is 3.67. The molecule has 0 bridgehead atoms. The van der Waals surface area contributed by atoms with Crippen LogP contribution in [0.25, 0.3) is 0 Å². The van der Waals surface area contributed by atoms with Crippen molar-refractivity contribution < 1.29 is 33.9 Å². The second-order valence-corrected chi connectivity index (χ2v) is 5.48. The zero-order valence-corrected chi connectivity index (χ0v) is 15.0. The van der Waals surface area contributed by atoms with Gasteiger partial charge in [-0.1, -0.05) is 12.1 Å². The van der Waals surface area contributed by atoms with E-state index in [2.05, 4.69) is 5.32 Å². The zero-order valence-electron chi connectivity index (χ0n) is 15.0. The van der Waals surface area contributed by atoms with E-state index in [0.717, 1.165) is 0 Å². The van der Waals surface area contributed by atoms with Gasteiger partial charge in [-0.25, -0.2) is 4.79 Å². The van der Waals surface area contributed by atoms with Gasteiger partial charge in [-0.3, -0.25) is 19.7 Å². The van der Waals surface area contributed by atoms with E-state index in [1.54, 1.807) is 13.8 Å². The van der Waals surface area contributed by atoms with Crippen molar-refractivity contribution in [3.05, 3.63) is 39.9 Å². The lowest BCUT2D eigenvalue weighted by Crippen LogP contribution is -2.47. The van der Waals surface area contributed by atoms with Crippen molar-refractivity contribution in [1.82, 2.24) is 5.32 Å². The van der Waals surface area contributed by atoms with Gasteiger partial charge < -0.3 is 19.9 Å². The number of carbonyl (C=O) groups excluding carboxylic acids is 2. The fraction of sp³-hybridized carbons (Fsp3) is 0.471. The van der Waals surface area contributed by atoms with Gasteiger partial charge in [-0.2, -0.15) is 0 Å². The number of non-ortho nitro benzene ring substituents is 1. The highest BCUT2D eigenvalue weighted by Crippen LogP contribution is 2.27. The molecule has 1 rings (SSSR count). The highest BCUT2D eigenvalue weighted by atomic mass is 16.6. The molecule has 27 heavy (non-hydrogen) atoms. The van der Waals surface area contributed by atoms with Gasteiger partial charge in [0.25, 0.3) is 5.69 Å². The number of nitrogens with zero attached hydrogens (tertiary/aromatic N) is 1. The van der Waals surface area contributed by atoms with E-state index in [1.165, 1.54) is 24.3 Å². The number of nitro groups is 1. The van der Waals surface area contributed by atoms with Crippen molar-refractivity contribution in [3.63, 3.8) is 0 Å². The molecule has 0 aliphatic carbocycles. The summed E-state index contributed by atoms with van der Waals surface area (Å²) < 4.78 is 9.83. The predicted octanol–water partition coefficient (Wildman–Crippen LogP) is 1.24. The number of aliphatic carboxylic acids is 1. The van der Waals surface area contributed by atoms with E-state index in [9.17, 15) is 29.6 Å². The van der Waals surface area contributed by atoms with Crippen LogP contribution in [0.1, 0.15) is 31.7 Å². The molecule has 10 heteroatoms. The van der Waals surface area contributed by atoms with Gasteiger partial charge in [0.05, 0.1) is 18.0 Å². The largest absolute Gasteiger partial charge is 0.480 e. The first-order valence-corrected chi connectivity index (χ1v) is 8.30. The average molecular weight is 382 g/mol. The average Bonchev–Trinajstić information content (AvgIpc) is 2.63. The number of hydrogen-bond acceptors (Lipinski definition) is 7. The van der Waals surface area contributed by atoms with Gasteiger partial charge in [-0.05, 0) is 19.4 Å². The maximum absolute atomic E-state index is 11.9. The summed E-state index contributed by atoms with van der Waals surface area (Å²) in [5, 5.41) is 22.7. The first kappa shape index (κ1) is 22.0. The third kappa shape index (κ3) is 7.02. The van der Waals surface area contributed by atoms with Crippen molar-refractivity contribution in [2.24, 2.45) is 0 Å². The molecular formula is C17H22N2O8. The molecule has 0 saturated heterocycles. The Bertz CT molecular complexity index is 674. The second kappa shape index (κ2) is 10.9. The Hall–Kier alpha value is -3.01. The van der Waals surface area contributed by atoms with Gasteiger partial charge in [0.15, 0.2) is 0 Å². The molecule has 2 atom stereocenters. The molecule has 1 amide bonds. The molecule has 148 valence electrons. The number of amides is 1. The summed E-state index contributed by atoms with van der Waals surface area (Å²) in [6.45, 7) is 3.35. The maximum Gasteiger partial charge on any atom is 0.326 e. The Kier molecular flexibility index (Phi) is 8.86. The van der Waals surface area contributed by atoms with Crippen LogP contribution in [0.5, 0.6) is 0 Å². The molecule has 0 spiro atoms. The summed E-state index contributed by atoms with van der Waals surface area (Å²) in [4.78, 5) is 45.8. The van der Waals surface area contributed by atoms with Crippen molar-refractivity contribution >= 4 is 23.5 Å².